The minimum absolute atomic E-state index is 0.127. The second-order valence-electron chi connectivity index (χ2n) is 4.89. The minimum Gasteiger partial charge on any atom is -0.477 e. The van der Waals surface area contributed by atoms with E-state index in [1.165, 1.54) is 23.1 Å². The van der Waals surface area contributed by atoms with Crippen LogP contribution in [0.3, 0.4) is 0 Å². The topological polar surface area (TPSA) is 90.7 Å². The quantitative estimate of drug-likeness (QED) is 0.832. The van der Waals surface area contributed by atoms with E-state index in [2.05, 4.69) is 4.98 Å². The van der Waals surface area contributed by atoms with Crippen molar-refractivity contribution in [2.75, 3.05) is 13.6 Å². The molecular weight excluding hydrogens is 248 g/mol. The maximum atomic E-state index is 12.1. The molecule has 0 bridgehead atoms. The van der Waals surface area contributed by atoms with Gasteiger partial charge in [-0.1, -0.05) is 6.07 Å². The number of carbonyl (C=O) groups is 2. The third-order valence-electron chi connectivity index (χ3n) is 3.28. The predicted octanol–water partition coefficient (Wildman–Crippen LogP) is 0.623. The standard InChI is InChI=1S/C13H16N2O4/c1-15(7-8-5-9(16)6-8)12(17)10-3-2-4-11(14-10)13(18)19/h2-4,8-9,16H,5-7H2,1H3,(H,18,19). The fourth-order valence-electron chi connectivity index (χ4n) is 2.19. The number of carboxylic acids is 1. The molecule has 0 atom stereocenters. The first-order valence-electron chi connectivity index (χ1n) is 6.11. The van der Waals surface area contributed by atoms with Crippen molar-refractivity contribution in [3.63, 3.8) is 0 Å². The summed E-state index contributed by atoms with van der Waals surface area (Å²) in [5.74, 6) is -1.14. The van der Waals surface area contributed by atoms with Crippen LogP contribution in [0.1, 0.15) is 33.8 Å². The molecule has 1 aliphatic rings. The predicted molar refractivity (Wildman–Crippen MR) is 66.9 cm³/mol. The van der Waals surface area contributed by atoms with Gasteiger partial charge in [-0.05, 0) is 30.9 Å². The van der Waals surface area contributed by atoms with Crippen LogP contribution in [0.5, 0.6) is 0 Å². The van der Waals surface area contributed by atoms with E-state index in [1.54, 1.807) is 7.05 Å². The van der Waals surface area contributed by atoms with E-state index in [0.29, 0.717) is 25.3 Å². The highest BCUT2D eigenvalue weighted by Crippen LogP contribution is 2.27. The molecule has 0 spiro atoms. The molecule has 1 aromatic rings. The summed E-state index contributed by atoms with van der Waals surface area (Å²) >= 11 is 0. The Bertz CT molecular complexity index is 497. The average Bonchev–Trinajstić information content (AvgIpc) is 2.36. The molecule has 0 aromatic carbocycles. The van der Waals surface area contributed by atoms with Crippen LogP contribution < -0.4 is 0 Å². The van der Waals surface area contributed by atoms with Crippen molar-refractivity contribution >= 4 is 11.9 Å². The summed E-state index contributed by atoms with van der Waals surface area (Å²) in [6, 6.07) is 4.35. The maximum Gasteiger partial charge on any atom is 0.354 e. The third kappa shape index (κ3) is 3.08. The van der Waals surface area contributed by atoms with Crippen LogP contribution in [-0.2, 0) is 0 Å². The molecule has 0 aliphatic heterocycles. The third-order valence-corrected chi connectivity index (χ3v) is 3.28. The van der Waals surface area contributed by atoms with Crippen molar-refractivity contribution in [2.24, 2.45) is 5.92 Å². The number of rotatable bonds is 4. The highest BCUT2D eigenvalue weighted by Gasteiger charge is 2.29. The van der Waals surface area contributed by atoms with Gasteiger partial charge in [0.25, 0.3) is 5.91 Å². The smallest absolute Gasteiger partial charge is 0.354 e. The SMILES string of the molecule is CN(CC1CC(O)C1)C(=O)c1cccc(C(=O)O)n1. The Morgan fingerprint density at radius 3 is 2.58 bits per heavy atom. The Hall–Kier alpha value is -1.95. The van der Waals surface area contributed by atoms with Crippen molar-refractivity contribution in [2.45, 2.75) is 18.9 Å². The zero-order valence-electron chi connectivity index (χ0n) is 10.6. The van der Waals surface area contributed by atoms with Crippen LogP contribution in [0.2, 0.25) is 0 Å². The maximum absolute atomic E-state index is 12.1. The fraction of sp³-hybridized carbons (Fsp3) is 0.462. The summed E-state index contributed by atoms with van der Waals surface area (Å²) in [6.45, 7) is 0.550. The number of hydrogen-bond acceptors (Lipinski definition) is 4. The molecule has 0 saturated heterocycles. The van der Waals surface area contributed by atoms with Crippen molar-refractivity contribution in [3.05, 3.63) is 29.6 Å². The molecule has 6 nitrogen and oxygen atoms in total. The summed E-state index contributed by atoms with van der Waals surface area (Å²) in [7, 11) is 1.65. The lowest BCUT2D eigenvalue weighted by molar-refractivity contribution is 0.0264. The number of pyridine rings is 1. The molecule has 6 heteroatoms. The van der Waals surface area contributed by atoms with E-state index in [-0.39, 0.29) is 23.4 Å². The molecule has 1 aliphatic carbocycles. The zero-order valence-corrected chi connectivity index (χ0v) is 10.6. The molecule has 1 saturated carbocycles. The number of carboxylic acid groups (broad SMARTS) is 1. The molecule has 2 rings (SSSR count). The number of aromatic carboxylic acids is 1. The van der Waals surface area contributed by atoms with E-state index in [0.717, 1.165) is 0 Å². The highest BCUT2D eigenvalue weighted by molar-refractivity contribution is 5.94. The van der Waals surface area contributed by atoms with Gasteiger partial charge in [0.1, 0.15) is 11.4 Å². The molecular formula is C13H16N2O4. The van der Waals surface area contributed by atoms with Gasteiger partial charge >= 0.3 is 5.97 Å². The number of aromatic nitrogens is 1. The van der Waals surface area contributed by atoms with E-state index < -0.39 is 5.97 Å². The van der Waals surface area contributed by atoms with Crippen molar-refractivity contribution in [1.29, 1.82) is 0 Å². The Labute approximate surface area is 110 Å². The second kappa shape index (κ2) is 5.36. The molecule has 2 N–H and O–H groups in total. The van der Waals surface area contributed by atoms with Gasteiger partial charge in [0.15, 0.2) is 0 Å². The lowest BCUT2D eigenvalue weighted by Gasteiger charge is -2.34. The Balaban J connectivity index is 2.02. The Kier molecular flexibility index (Phi) is 3.80. The van der Waals surface area contributed by atoms with Gasteiger partial charge in [-0.3, -0.25) is 4.79 Å². The number of nitrogens with zero attached hydrogens (tertiary/aromatic N) is 2. The molecule has 1 fully saturated rings. The van der Waals surface area contributed by atoms with Gasteiger partial charge in [0, 0.05) is 13.6 Å². The minimum atomic E-state index is -1.15. The number of aliphatic hydroxyl groups excluding tert-OH is 1. The molecule has 1 heterocycles. The Morgan fingerprint density at radius 1 is 1.37 bits per heavy atom. The van der Waals surface area contributed by atoms with Gasteiger partial charge in [-0.2, -0.15) is 0 Å². The van der Waals surface area contributed by atoms with Gasteiger partial charge < -0.3 is 15.1 Å². The van der Waals surface area contributed by atoms with Crippen LogP contribution in [0.15, 0.2) is 18.2 Å². The summed E-state index contributed by atoms with van der Waals surface area (Å²) in [5.41, 5.74) is -0.0133. The molecule has 0 unspecified atom stereocenters. The van der Waals surface area contributed by atoms with Crippen LogP contribution in [-0.4, -0.2) is 51.7 Å². The number of aliphatic hydroxyl groups is 1. The van der Waals surface area contributed by atoms with Crippen molar-refractivity contribution < 1.29 is 19.8 Å². The van der Waals surface area contributed by atoms with Crippen LogP contribution in [0.25, 0.3) is 0 Å². The van der Waals surface area contributed by atoms with E-state index in [9.17, 15) is 14.7 Å². The average molecular weight is 264 g/mol. The van der Waals surface area contributed by atoms with Gasteiger partial charge in [-0.15, -0.1) is 0 Å². The first kappa shape index (κ1) is 13.5. The van der Waals surface area contributed by atoms with Crippen molar-refractivity contribution in [3.8, 4) is 0 Å². The fourth-order valence-corrected chi connectivity index (χ4v) is 2.19. The van der Waals surface area contributed by atoms with E-state index in [1.807, 2.05) is 0 Å². The highest BCUT2D eigenvalue weighted by atomic mass is 16.4. The van der Waals surface area contributed by atoms with Crippen molar-refractivity contribution in [1.82, 2.24) is 9.88 Å². The Morgan fingerprint density at radius 2 is 2.00 bits per heavy atom. The normalized spacial score (nSPS) is 21.6. The first-order valence-corrected chi connectivity index (χ1v) is 6.11. The summed E-state index contributed by atoms with van der Waals surface area (Å²) in [6.07, 6.45) is 1.17. The molecule has 102 valence electrons. The second-order valence-corrected chi connectivity index (χ2v) is 4.89. The van der Waals surface area contributed by atoms with Crippen LogP contribution >= 0.6 is 0 Å². The van der Waals surface area contributed by atoms with Gasteiger partial charge in [0.2, 0.25) is 0 Å². The lowest BCUT2D eigenvalue weighted by Crippen LogP contribution is -2.39. The van der Waals surface area contributed by atoms with Crippen LogP contribution in [0, 0.1) is 5.92 Å². The molecule has 0 radical (unpaired) electrons. The molecule has 19 heavy (non-hydrogen) atoms. The number of hydrogen-bond donors (Lipinski definition) is 2. The summed E-state index contributed by atoms with van der Waals surface area (Å²) < 4.78 is 0. The van der Waals surface area contributed by atoms with E-state index in [4.69, 9.17) is 5.11 Å². The number of carbonyl (C=O) groups excluding carboxylic acids is 1. The zero-order chi connectivity index (χ0) is 14.0. The first-order chi connectivity index (χ1) is 8.97. The monoisotopic (exact) mass is 264 g/mol. The van der Waals surface area contributed by atoms with Gasteiger partial charge in [-0.25, -0.2) is 9.78 Å². The van der Waals surface area contributed by atoms with Crippen LogP contribution in [0.4, 0.5) is 0 Å². The summed E-state index contributed by atoms with van der Waals surface area (Å²) in [5, 5.41) is 18.0. The lowest BCUT2D eigenvalue weighted by atomic mass is 9.82. The summed E-state index contributed by atoms with van der Waals surface area (Å²) in [4.78, 5) is 28.2. The molecule has 1 amide bonds. The largest absolute Gasteiger partial charge is 0.477 e. The molecule has 1 aromatic heterocycles. The van der Waals surface area contributed by atoms with E-state index >= 15 is 0 Å². The number of amides is 1. The van der Waals surface area contributed by atoms with Gasteiger partial charge in [0.05, 0.1) is 6.10 Å².